The summed E-state index contributed by atoms with van der Waals surface area (Å²) in [5, 5.41) is 5.76. The fourth-order valence-corrected chi connectivity index (χ4v) is 1.60. The summed E-state index contributed by atoms with van der Waals surface area (Å²) >= 11 is 0. The summed E-state index contributed by atoms with van der Waals surface area (Å²) in [7, 11) is 3.14. The van der Waals surface area contributed by atoms with E-state index in [0.29, 0.717) is 23.7 Å². The van der Waals surface area contributed by atoms with E-state index in [-0.39, 0.29) is 12.5 Å². The van der Waals surface area contributed by atoms with Crippen molar-refractivity contribution in [3.05, 3.63) is 30.4 Å². The number of ether oxygens (including phenoxy) is 2. The number of carbonyl (C=O) groups excluding carboxylic acids is 1. The van der Waals surface area contributed by atoms with Crippen molar-refractivity contribution in [3.8, 4) is 11.5 Å². The SMILES string of the molecule is C=CCNCC(=O)Nc1cc(OC)c(OC)cc1C. The molecule has 0 unspecified atom stereocenters. The van der Waals surface area contributed by atoms with Crippen molar-refractivity contribution < 1.29 is 14.3 Å². The molecule has 0 aliphatic rings. The molecule has 0 heterocycles. The second-order valence-electron chi connectivity index (χ2n) is 3.99. The van der Waals surface area contributed by atoms with Gasteiger partial charge in [-0.05, 0) is 18.6 Å². The van der Waals surface area contributed by atoms with E-state index in [2.05, 4.69) is 17.2 Å². The predicted octanol–water partition coefficient (Wildman–Crippen LogP) is 1.73. The molecule has 0 aliphatic heterocycles. The average molecular weight is 264 g/mol. The van der Waals surface area contributed by atoms with E-state index >= 15 is 0 Å². The Kier molecular flexibility index (Phi) is 5.89. The maximum Gasteiger partial charge on any atom is 0.238 e. The minimum absolute atomic E-state index is 0.114. The third-order valence-corrected chi connectivity index (χ3v) is 2.58. The van der Waals surface area contributed by atoms with Crippen LogP contribution in [0.25, 0.3) is 0 Å². The van der Waals surface area contributed by atoms with Gasteiger partial charge in [-0.3, -0.25) is 4.79 Å². The van der Waals surface area contributed by atoms with Gasteiger partial charge in [0.2, 0.25) is 5.91 Å². The van der Waals surface area contributed by atoms with Crippen molar-refractivity contribution in [1.82, 2.24) is 5.32 Å². The van der Waals surface area contributed by atoms with Crippen molar-refractivity contribution in [2.24, 2.45) is 0 Å². The molecule has 0 saturated carbocycles. The first-order valence-electron chi connectivity index (χ1n) is 5.96. The fraction of sp³-hybridized carbons (Fsp3) is 0.357. The van der Waals surface area contributed by atoms with Gasteiger partial charge in [0, 0.05) is 18.3 Å². The Morgan fingerprint density at radius 1 is 1.32 bits per heavy atom. The van der Waals surface area contributed by atoms with E-state index in [1.165, 1.54) is 0 Å². The number of methoxy groups -OCH3 is 2. The van der Waals surface area contributed by atoms with Gasteiger partial charge in [-0.15, -0.1) is 6.58 Å². The van der Waals surface area contributed by atoms with Crippen molar-refractivity contribution in [2.45, 2.75) is 6.92 Å². The van der Waals surface area contributed by atoms with Crippen molar-refractivity contribution in [3.63, 3.8) is 0 Å². The van der Waals surface area contributed by atoms with Crippen LogP contribution < -0.4 is 20.1 Å². The first-order chi connectivity index (χ1) is 9.12. The highest BCUT2D eigenvalue weighted by molar-refractivity contribution is 5.93. The highest BCUT2D eigenvalue weighted by Crippen LogP contribution is 2.32. The molecule has 19 heavy (non-hydrogen) atoms. The number of benzene rings is 1. The monoisotopic (exact) mass is 264 g/mol. The molecule has 0 aromatic heterocycles. The number of anilines is 1. The largest absolute Gasteiger partial charge is 0.493 e. The quantitative estimate of drug-likeness (QED) is 0.581. The normalized spacial score (nSPS) is 9.84. The second kappa shape index (κ2) is 7.43. The van der Waals surface area contributed by atoms with Crippen LogP contribution in [0.1, 0.15) is 5.56 Å². The number of carbonyl (C=O) groups is 1. The lowest BCUT2D eigenvalue weighted by atomic mass is 10.1. The van der Waals surface area contributed by atoms with Gasteiger partial charge < -0.3 is 20.1 Å². The van der Waals surface area contributed by atoms with E-state index < -0.39 is 0 Å². The summed E-state index contributed by atoms with van der Waals surface area (Å²) in [6, 6.07) is 3.57. The maximum absolute atomic E-state index is 11.7. The fourth-order valence-electron chi connectivity index (χ4n) is 1.60. The summed E-state index contributed by atoms with van der Waals surface area (Å²) in [4.78, 5) is 11.7. The van der Waals surface area contributed by atoms with Crippen LogP contribution in [0, 0.1) is 6.92 Å². The topological polar surface area (TPSA) is 59.6 Å². The Hall–Kier alpha value is -2.01. The average Bonchev–Trinajstić information content (AvgIpc) is 2.40. The van der Waals surface area contributed by atoms with E-state index in [9.17, 15) is 4.79 Å². The zero-order chi connectivity index (χ0) is 14.3. The first kappa shape index (κ1) is 15.0. The summed E-state index contributed by atoms with van der Waals surface area (Å²) in [6.07, 6.45) is 1.70. The van der Waals surface area contributed by atoms with E-state index in [1.54, 1.807) is 26.4 Å². The van der Waals surface area contributed by atoms with Gasteiger partial charge in [0.1, 0.15) is 0 Å². The molecule has 1 amide bonds. The van der Waals surface area contributed by atoms with Crippen LogP contribution >= 0.6 is 0 Å². The van der Waals surface area contributed by atoms with Gasteiger partial charge in [-0.2, -0.15) is 0 Å². The number of hydrogen-bond acceptors (Lipinski definition) is 4. The minimum atomic E-state index is -0.114. The first-order valence-corrected chi connectivity index (χ1v) is 5.96. The molecule has 1 rings (SSSR count). The Balaban J connectivity index is 2.77. The van der Waals surface area contributed by atoms with Gasteiger partial charge in [-0.25, -0.2) is 0 Å². The molecular formula is C14H20N2O3. The van der Waals surface area contributed by atoms with E-state index in [0.717, 1.165) is 5.56 Å². The van der Waals surface area contributed by atoms with Crippen molar-refractivity contribution in [1.29, 1.82) is 0 Å². The zero-order valence-electron chi connectivity index (χ0n) is 11.6. The molecule has 2 N–H and O–H groups in total. The van der Waals surface area contributed by atoms with Crippen LogP contribution in [0.5, 0.6) is 11.5 Å². The number of hydrogen-bond donors (Lipinski definition) is 2. The molecule has 5 heteroatoms. The van der Waals surface area contributed by atoms with Crippen molar-refractivity contribution >= 4 is 11.6 Å². The Labute approximate surface area is 113 Å². The number of amides is 1. The molecule has 0 fully saturated rings. The summed E-state index contributed by atoms with van der Waals surface area (Å²) in [6.45, 7) is 6.30. The van der Waals surface area contributed by atoms with Crippen LogP contribution in [0.15, 0.2) is 24.8 Å². The molecule has 1 aromatic carbocycles. The van der Waals surface area contributed by atoms with E-state index in [1.807, 2.05) is 13.0 Å². The molecule has 0 spiro atoms. The van der Waals surface area contributed by atoms with Crippen LogP contribution in [0.3, 0.4) is 0 Å². The molecule has 0 atom stereocenters. The van der Waals surface area contributed by atoms with Gasteiger partial charge in [-0.1, -0.05) is 6.08 Å². The number of aryl methyl sites for hydroxylation is 1. The van der Waals surface area contributed by atoms with Crippen LogP contribution in [-0.2, 0) is 4.79 Å². The van der Waals surface area contributed by atoms with Crippen LogP contribution in [-0.4, -0.2) is 33.2 Å². The lowest BCUT2D eigenvalue weighted by molar-refractivity contribution is -0.115. The smallest absolute Gasteiger partial charge is 0.238 e. The third kappa shape index (κ3) is 4.30. The summed E-state index contributed by atoms with van der Waals surface area (Å²) in [5.41, 5.74) is 1.62. The van der Waals surface area contributed by atoms with Crippen LogP contribution in [0.4, 0.5) is 5.69 Å². The lowest BCUT2D eigenvalue weighted by Crippen LogP contribution is -2.28. The van der Waals surface area contributed by atoms with Gasteiger partial charge >= 0.3 is 0 Å². The zero-order valence-corrected chi connectivity index (χ0v) is 11.6. The van der Waals surface area contributed by atoms with Gasteiger partial charge in [0.15, 0.2) is 11.5 Å². The molecule has 1 aromatic rings. The maximum atomic E-state index is 11.7. The van der Waals surface area contributed by atoms with Gasteiger partial charge in [0.05, 0.1) is 20.8 Å². The second-order valence-corrected chi connectivity index (χ2v) is 3.99. The molecule has 0 radical (unpaired) electrons. The molecule has 104 valence electrons. The lowest BCUT2D eigenvalue weighted by Gasteiger charge is -2.13. The molecular weight excluding hydrogens is 244 g/mol. The van der Waals surface area contributed by atoms with Crippen LogP contribution in [0.2, 0.25) is 0 Å². The van der Waals surface area contributed by atoms with Gasteiger partial charge in [0.25, 0.3) is 0 Å². The predicted molar refractivity (Wildman–Crippen MR) is 76.0 cm³/mol. The number of rotatable bonds is 7. The standard InChI is InChI=1S/C14H20N2O3/c1-5-6-15-9-14(17)16-11-8-13(19-4)12(18-3)7-10(11)2/h5,7-8,15H,1,6,9H2,2-4H3,(H,16,17). The molecule has 0 saturated heterocycles. The summed E-state index contributed by atoms with van der Waals surface area (Å²) in [5.74, 6) is 1.11. The van der Waals surface area contributed by atoms with E-state index in [4.69, 9.17) is 9.47 Å². The third-order valence-electron chi connectivity index (χ3n) is 2.58. The Bertz CT molecular complexity index is 458. The van der Waals surface area contributed by atoms with Crippen molar-refractivity contribution in [2.75, 3.05) is 32.6 Å². The minimum Gasteiger partial charge on any atom is -0.493 e. The molecule has 0 aliphatic carbocycles. The highest BCUT2D eigenvalue weighted by atomic mass is 16.5. The summed E-state index contributed by atoms with van der Waals surface area (Å²) < 4.78 is 10.4. The molecule has 5 nitrogen and oxygen atoms in total. The Morgan fingerprint density at radius 3 is 2.53 bits per heavy atom. The highest BCUT2D eigenvalue weighted by Gasteiger charge is 2.10. The number of nitrogens with one attached hydrogen (secondary N) is 2. The Morgan fingerprint density at radius 2 is 1.95 bits per heavy atom. The molecule has 0 bridgehead atoms.